The van der Waals surface area contributed by atoms with Crippen LogP contribution in [-0.2, 0) is 10.0 Å². The van der Waals surface area contributed by atoms with Crippen LogP contribution in [0.15, 0.2) is 22.6 Å². The summed E-state index contributed by atoms with van der Waals surface area (Å²) in [5, 5.41) is 19.1. The van der Waals surface area contributed by atoms with Crippen molar-refractivity contribution in [3.05, 3.63) is 29.0 Å². The van der Waals surface area contributed by atoms with Crippen LogP contribution in [0.1, 0.15) is 0 Å². The Balaban J connectivity index is 2.53. The van der Waals surface area contributed by atoms with Gasteiger partial charge in [-0.15, -0.1) is 0 Å². The van der Waals surface area contributed by atoms with Gasteiger partial charge in [0.25, 0.3) is 5.88 Å². The molecule has 0 aliphatic carbocycles. The highest BCUT2D eigenvalue weighted by Gasteiger charge is 2.23. The molecule has 2 aromatic rings. The number of furan rings is 1. The molecule has 0 fully saturated rings. The van der Waals surface area contributed by atoms with Gasteiger partial charge in [0, 0.05) is 5.56 Å². The van der Waals surface area contributed by atoms with Crippen LogP contribution < -0.4 is 4.72 Å². The van der Waals surface area contributed by atoms with E-state index in [4.69, 9.17) is 16.0 Å². The molecule has 1 aromatic heterocycles. The zero-order chi connectivity index (χ0) is 15.1. The largest absolute Gasteiger partial charge is 0.502 e. The van der Waals surface area contributed by atoms with Gasteiger partial charge in [-0.25, -0.2) is 12.8 Å². The van der Waals surface area contributed by atoms with Crippen LogP contribution >= 0.6 is 11.6 Å². The summed E-state index contributed by atoms with van der Waals surface area (Å²) in [7, 11) is -3.71. The third-order valence-electron chi connectivity index (χ3n) is 2.32. The molecule has 0 spiro atoms. The second-order valence-corrected chi connectivity index (χ2v) is 6.12. The van der Waals surface area contributed by atoms with E-state index >= 15 is 0 Å². The number of rotatable bonds is 3. The molecule has 2 rings (SSSR count). The minimum Gasteiger partial charge on any atom is -0.502 e. The summed E-state index contributed by atoms with van der Waals surface area (Å²) in [6.07, 6.45) is 0.841. The SMILES string of the molecule is CS(=O)(=O)Nc1oc(-c2ccc(Cl)c(F)c2)c(O)c1O. The third kappa shape index (κ3) is 2.81. The third-order valence-corrected chi connectivity index (χ3v) is 3.18. The fourth-order valence-electron chi connectivity index (χ4n) is 1.48. The summed E-state index contributed by atoms with van der Waals surface area (Å²) in [6.45, 7) is 0. The maximum Gasteiger partial charge on any atom is 0.253 e. The molecule has 0 unspecified atom stereocenters. The number of nitrogens with one attached hydrogen (secondary N) is 1. The van der Waals surface area contributed by atoms with E-state index in [9.17, 15) is 23.0 Å². The monoisotopic (exact) mass is 321 g/mol. The quantitative estimate of drug-likeness (QED) is 0.806. The van der Waals surface area contributed by atoms with Crippen LogP contribution in [0.5, 0.6) is 11.5 Å². The fraction of sp³-hybridized carbons (Fsp3) is 0.0909. The van der Waals surface area contributed by atoms with Crippen molar-refractivity contribution < 1.29 is 27.4 Å². The van der Waals surface area contributed by atoms with Gasteiger partial charge in [0.05, 0.1) is 11.3 Å². The van der Waals surface area contributed by atoms with Crippen molar-refractivity contribution in [1.82, 2.24) is 0 Å². The lowest BCUT2D eigenvalue weighted by Gasteiger charge is -2.00. The van der Waals surface area contributed by atoms with Gasteiger partial charge >= 0.3 is 0 Å². The van der Waals surface area contributed by atoms with Crippen molar-refractivity contribution in [3.63, 3.8) is 0 Å². The molecule has 0 aliphatic heterocycles. The smallest absolute Gasteiger partial charge is 0.253 e. The van der Waals surface area contributed by atoms with Crippen molar-refractivity contribution in [3.8, 4) is 22.8 Å². The van der Waals surface area contributed by atoms with Crippen LogP contribution in [0.3, 0.4) is 0 Å². The van der Waals surface area contributed by atoms with Gasteiger partial charge in [-0.2, -0.15) is 0 Å². The first kappa shape index (κ1) is 14.5. The van der Waals surface area contributed by atoms with Crippen LogP contribution in [0.25, 0.3) is 11.3 Å². The minimum atomic E-state index is -3.71. The molecule has 0 bridgehead atoms. The first-order chi connectivity index (χ1) is 9.19. The average molecular weight is 322 g/mol. The molecule has 20 heavy (non-hydrogen) atoms. The Kier molecular flexibility index (Phi) is 3.53. The van der Waals surface area contributed by atoms with Gasteiger partial charge in [0.2, 0.25) is 21.5 Å². The van der Waals surface area contributed by atoms with Gasteiger partial charge < -0.3 is 14.6 Å². The maximum absolute atomic E-state index is 13.3. The lowest BCUT2D eigenvalue weighted by atomic mass is 10.1. The molecule has 1 heterocycles. The highest BCUT2D eigenvalue weighted by Crippen LogP contribution is 2.45. The molecule has 0 saturated carbocycles. The van der Waals surface area contributed by atoms with Gasteiger partial charge in [-0.1, -0.05) is 11.6 Å². The van der Waals surface area contributed by atoms with Crippen molar-refractivity contribution in [2.75, 3.05) is 11.0 Å². The molecule has 0 saturated heterocycles. The molecule has 108 valence electrons. The van der Waals surface area contributed by atoms with Gasteiger partial charge in [0.1, 0.15) is 5.82 Å². The van der Waals surface area contributed by atoms with E-state index in [1.807, 2.05) is 4.72 Å². The standard InChI is InChI=1S/C11H9ClFNO5S/c1-20(17,18)14-11-9(16)8(15)10(19-11)5-2-3-6(12)7(13)4-5/h2-4,14-16H,1H3. The number of benzene rings is 1. The average Bonchev–Trinajstić information content (AvgIpc) is 2.59. The lowest BCUT2D eigenvalue weighted by molar-refractivity contribution is 0.410. The number of sulfonamides is 1. The van der Waals surface area contributed by atoms with E-state index in [2.05, 4.69) is 0 Å². The normalized spacial score (nSPS) is 11.6. The van der Waals surface area contributed by atoms with Crippen LogP contribution in [-0.4, -0.2) is 24.9 Å². The van der Waals surface area contributed by atoms with Gasteiger partial charge in [0.15, 0.2) is 5.76 Å². The van der Waals surface area contributed by atoms with E-state index in [1.165, 1.54) is 12.1 Å². The Morgan fingerprint density at radius 3 is 2.50 bits per heavy atom. The second kappa shape index (κ2) is 4.88. The van der Waals surface area contributed by atoms with E-state index in [-0.39, 0.29) is 16.3 Å². The molecule has 6 nitrogen and oxygen atoms in total. The second-order valence-electron chi connectivity index (χ2n) is 3.96. The predicted molar refractivity (Wildman–Crippen MR) is 70.9 cm³/mol. The molecule has 0 radical (unpaired) electrons. The van der Waals surface area contributed by atoms with Crippen LogP contribution in [0.2, 0.25) is 5.02 Å². The minimum absolute atomic E-state index is 0.0845. The summed E-state index contributed by atoms with van der Waals surface area (Å²) in [6, 6.07) is 3.55. The van der Waals surface area contributed by atoms with E-state index in [1.54, 1.807) is 0 Å². The maximum atomic E-state index is 13.3. The Morgan fingerprint density at radius 1 is 1.30 bits per heavy atom. The van der Waals surface area contributed by atoms with Gasteiger partial charge in [-0.05, 0) is 18.2 Å². The van der Waals surface area contributed by atoms with Crippen molar-refractivity contribution >= 4 is 27.5 Å². The highest BCUT2D eigenvalue weighted by molar-refractivity contribution is 7.92. The lowest BCUT2D eigenvalue weighted by Crippen LogP contribution is -2.08. The summed E-state index contributed by atoms with van der Waals surface area (Å²) < 4.78 is 42.4. The Bertz CT molecular complexity index is 771. The van der Waals surface area contributed by atoms with E-state index < -0.39 is 33.2 Å². The van der Waals surface area contributed by atoms with Crippen molar-refractivity contribution in [1.29, 1.82) is 0 Å². The summed E-state index contributed by atoms with van der Waals surface area (Å²) >= 11 is 5.52. The Morgan fingerprint density at radius 2 is 1.95 bits per heavy atom. The van der Waals surface area contributed by atoms with Crippen LogP contribution in [0, 0.1) is 5.82 Å². The molecule has 0 atom stereocenters. The Labute approximate surface area is 118 Å². The molecule has 0 amide bonds. The number of hydrogen-bond donors (Lipinski definition) is 3. The number of hydrogen-bond acceptors (Lipinski definition) is 5. The van der Waals surface area contributed by atoms with Crippen molar-refractivity contribution in [2.45, 2.75) is 0 Å². The molecule has 3 N–H and O–H groups in total. The number of aromatic hydroxyl groups is 2. The number of anilines is 1. The predicted octanol–water partition coefficient (Wildman–Crippen LogP) is 2.52. The zero-order valence-corrected chi connectivity index (χ0v) is 11.6. The molecule has 9 heteroatoms. The summed E-state index contributed by atoms with van der Waals surface area (Å²) in [5.41, 5.74) is 0.0845. The first-order valence-electron chi connectivity index (χ1n) is 5.17. The van der Waals surface area contributed by atoms with E-state index in [0.717, 1.165) is 12.3 Å². The first-order valence-corrected chi connectivity index (χ1v) is 7.44. The molecule has 1 aromatic carbocycles. The summed E-state index contributed by atoms with van der Waals surface area (Å²) in [4.78, 5) is 0. The zero-order valence-electron chi connectivity index (χ0n) is 10.0. The molecular formula is C11H9ClFNO5S. The Hall–Kier alpha value is -1.93. The van der Waals surface area contributed by atoms with Crippen molar-refractivity contribution in [2.24, 2.45) is 0 Å². The highest BCUT2D eigenvalue weighted by atomic mass is 35.5. The van der Waals surface area contributed by atoms with E-state index in [0.29, 0.717) is 0 Å². The van der Waals surface area contributed by atoms with Crippen LogP contribution in [0.4, 0.5) is 10.3 Å². The topological polar surface area (TPSA) is 99.8 Å². The van der Waals surface area contributed by atoms with Gasteiger partial charge in [-0.3, -0.25) is 4.72 Å². The summed E-state index contributed by atoms with van der Waals surface area (Å²) in [5.74, 6) is -3.10. The molecular weight excluding hydrogens is 313 g/mol. The molecule has 0 aliphatic rings. The number of halogens is 2. The fourth-order valence-corrected chi connectivity index (χ4v) is 2.08.